The van der Waals surface area contributed by atoms with Gasteiger partial charge in [0.15, 0.2) is 5.57 Å². The molecule has 0 aromatic rings. The van der Waals surface area contributed by atoms with E-state index in [-0.39, 0.29) is 0 Å². The zero-order valence-corrected chi connectivity index (χ0v) is 3.96. The van der Waals surface area contributed by atoms with Crippen LogP contribution in [0.1, 0.15) is 0 Å². The third-order valence-corrected chi connectivity index (χ3v) is 0.515. The smallest absolute Gasteiger partial charge is 0.262 e. The summed E-state index contributed by atoms with van der Waals surface area (Å²) in [5, 5.41) is 15.9. The first-order valence-corrected chi connectivity index (χ1v) is 1.76. The minimum Gasteiger partial charge on any atom is -0.514 e. The molecule has 0 aliphatic carbocycles. The fourth-order valence-corrected chi connectivity index (χ4v) is 0.148. The molecule has 0 atom stereocenters. The maximum Gasteiger partial charge on any atom is 0.262 e. The number of carbonyl (C=O) groups is 1. The summed E-state index contributed by atoms with van der Waals surface area (Å²) in [6, 6.07) is 1.39. The van der Waals surface area contributed by atoms with Gasteiger partial charge in [-0.1, -0.05) is 0 Å². The van der Waals surface area contributed by atoms with Crippen molar-refractivity contribution >= 4 is 5.91 Å². The van der Waals surface area contributed by atoms with Crippen molar-refractivity contribution in [1.82, 2.24) is 0 Å². The molecule has 0 saturated carbocycles. The van der Waals surface area contributed by atoms with Gasteiger partial charge in [-0.05, 0) is 0 Å². The fraction of sp³-hybridized carbons (Fsp3) is 0. The third kappa shape index (κ3) is 1.30. The van der Waals surface area contributed by atoms with E-state index in [0.29, 0.717) is 6.26 Å². The van der Waals surface area contributed by atoms with Crippen molar-refractivity contribution in [2.24, 2.45) is 5.73 Å². The number of aliphatic hydroxyl groups excluding tert-OH is 1. The average Bonchev–Trinajstić information content (AvgIpc) is 1.69. The van der Waals surface area contributed by atoms with Crippen molar-refractivity contribution in [2.75, 3.05) is 0 Å². The van der Waals surface area contributed by atoms with E-state index in [1.54, 1.807) is 0 Å². The fourth-order valence-electron chi connectivity index (χ4n) is 0.148. The molecule has 0 aliphatic rings. The molecule has 0 saturated heterocycles. The lowest BCUT2D eigenvalue weighted by Crippen LogP contribution is -2.12. The molecule has 0 radical (unpaired) electrons. The van der Waals surface area contributed by atoms with Gasteiger partial charge in [0.05, 0.1) is 0 Å². The Labute approximate surface area is 45.8 Å². The van der Waals surface area contributed by atoms with Gasteiger partial charge in [0.2, 0.25) is 0 Å². The van der Waals surface area contributed by atoms with Gasteiger partial charge in [-0.15, -0.1) is 0 Å². The third-order valence-electron chi connectivity index (χ3n) is 0.515. The van der Waals surface area contributed by atoms with Crippen molar-refractivity contribution in [3.05, 3.63) is 11.8 Å². The van der Waals surface area contributed by atoms with Crippen molar-refractivity contribution in [2.45, 2.75) is 0 Å². The predicted octanol–water partition coefficient (Wildman–Crippen LogP) is -0.563. The van der Waals surface area contributed by atoms with E-state index in [2.05, 4.69) is 5.73 Å². The predicted molar refractivity (Wildman–Crippen MR) is 25.5 cm³/mol. The van der Waals surface area contributed by atoms with E-state index in [4.69, 9.17) is 10.4 Å². The quantitative estimate of drug-likeness (QED) is 0.270. The minimum absolute atomic E-state index is 0.377. The Morgan fingerprint density at radius 3 is 2.38 bits per heavy atom. The highest BCUT2D eigenvalue weighted by molar-refractivity contribution is 5.95. The maximum atomic E-state index is 9.93. The summed E-state index contributed by atoms with van der Waals surface area (Å²) in [5.74, 6) is -0.921. The highest BCUT2D eigenvalue weighted by Crippen LogP contribution is 1.84. The molecule has 0 unspecified atom stereocenters. The second kappa shape index (κ2) is 2.64. The molecule has 4 heteroatoms. The molecule has 0 bridgehead atoms. The first-order chi connectivity index (χ1) is 3.72. The minimum atomic E-state index is -0.921. The van der Waals surface area contributed by atoms with Crippen molar-refractivity contribution in [3.63, 3.8) is 0 Å². The molecule has 0 aliphatic heterocycles. The summed E-state index contributed by atoms with van der Waals surface area (Å²) in [6.45, 7) is 0. The van der Waals surface area contributed by atoms with Crippen molar-refractivity contribution in [3.8, 4) is 6.07 Å². The Morgan fingerprint density at radius 2 is 2.38 bits per heavy atom. The first-order valence-electron chi connectivity index (χ1n) is 1.76. The van der Waals surface area contributed by atoms with Gasteiger partial charge in [-0.25, -0.2) is 0 Å². The van der Waals surface area contributed by atoms with Crippen LogP contribution < -0.4 is 5.73 Å². The number of hydrogen-bond donors (Lipinski definition) is 2. The number of rotatable bonds is 1. The second-order valence-electron chi connectivity index (χ2n) is 1.02. The van der Waals surface area contributed by atoms with E-state index in [1.807, 2.05) is 0 Å². The van der Waals surface area contributed by atoms with Crippen molar-refractivity contribution in [1.29, 1.82) is 5.26 Å². The van der Waals surface area contributed by atoms with E-state index < -0.39 is 11.5 Å². The van der Waals surface area contributed by atoms with Crippen LogP contribution in [0.25, 0.3) is 0 Å². The van der Waals surface area contributed by atoms with Gasteiger partial charge in [0.25, 0.3) is 5.91 Å². The molecule has 4 nitrogen and oxygen atoms in total. The van der Waals surface area contributed by atoms with Gasteiger partial charge in [0, 0.05) is 0 Å². The van der Waals surface area contributed by atoms with Crippen LogP contribution in [0.15, 0.2) is 11.8 Å². The van der Waals surface area contributed by atoms with Crippen LogP contribution in [0.2, 0.25) is 0 Å². The number of hydrogen-bond acceptors (Lipinski definition) is 3. The Kier molecular flexibility index (Phi) is 2.14. The highest BCUT2D eigenvalue weighted by atomic mass is 16.2. The summed E-state index contributed by atoms with van der Waals surface area (Å²) in [5.41, 5.74) is 4.13. The number of amides is 1. The zero-order chi connectivity index (χ0) is 6.57. The number of primary amides is 1. The normalized spacial score (nSPS) is 10.1. The number of aliphatic hydroxyl groups is 1. The molecule has 0 rings (SSSR count). The van der Waals surface area contributed by atoms with Gasteiger partial charge in [-0.3, -0.25) is 4.79 Å². The lowest BCUT2D eigenvalue weighted by molar-refractivity contribution is -0.114. The Bertz CT molecular complexity index is 165. The lowest BCUT2D eigenvalue weighted by Gasteiger charge is -1.81. The molecule has 3 N–H and O–H groups in total. The van der Waals surface area contributed by atoms with Gasteiger partial charge < -0.3 is 10.8 Å². The molecular weight excluding hydrogens is 108 g/mol. The van der Waals surface area contributed by atoms with Crippen LogP contribution in [-0.4, -0.2) is 11.0 Å². The number of nitriles is 1. The SMILES string of the molecule is N#C/C(=C\O)C(N)=O. The monoisotopic (exact) mass is 112 g/mol. The summed E-state index contributed by atoms with van der Waals surface area (Å²) in [6.07, 6.45) is 0.377. The van der Waals surface area contributed by atoms with Gasteiger partial charge >= 0.3 is 0 Å². The Morgan fingerprint density at radius 1 is 1.88 bits per heavy atom. The van der Waals surface area contributed by atoms with E-state index >= 15 is 0 Å². The molecule has 42 valence electrons. The zero-order valence-electron chi connectivity index (χ0n) is 3.96. The largest absolute Gasteiger partial charge is 0.514 e. The highest BCUT2D eigenvalue weighted by Gasteiger charge is 1.99. The van der Waals surface area contributed by atoms with Crippen molar-refractivity contribution < 1.29 is 9.90 Å². The van der Waals surface area contributed by atoms with Crippen LogP contribution >= 0.6 is 0 Å². The molecule has 0 fully saturated rings. The van der Waals surface area contributed by atoms with Crippen LogP contribution in [0.4, 0.5) is 0 Å². The molecule has 8 heavy (non-hydrogen) atoms. The summed E-state index contributed by atoms with van der Waals surface area (Å²) in [7, 11) is 0. The van der Waals surface area contributed by atoms with E-state index in [1.165, 1.54) is 6.07 Å². The maximum absolute atomic E-state index is 9.93. The summed E-state index contributed by atoms with van der Waals surface area (Å²) >= 11 is 0. The van der Waals surface area contributed by atoms with Gasteiger partial charge in [0.1, 0.15) is 12.3 Å². The molecule has 0 aromatic carbocycles. The average molecular weight is 112 g/mol. The summed E-state index contributed by atoms with van der Waals surface area (Å²) < 4.78 is 0. The standard InChI is InChI=1S/C4H4N2O2/c5-1-3(2-7)4(6)8/h2,7H,(H2,6,8)/b3-2+. The number of nitrogens with two attached hydrogens (primary N) is 1. The molecule has 0 aromatic heterocycles. The van der Waals surface area contributed by atoms with Crippen LogP contribution in [0.3, 0.4) is 0 Å². The van der Waals surface area contributed by atoms with E-state index in [9.17, 15) is 4.79 Å². The number of nitrogens with zero attached hydrogens (tertiary/aromatic N) is 1. The second-order valence-corrected chi connectivity index (χ2v) is 1.02. The van der Waals surface area contributed by atoms with Crippen LogP contribution in [0, 0.1) is 11.3 Å². The van der Waals surface area contributed by atoms with Crippen LogP contribution in [-0.2, 0) is 4.79 Å². The topological polar surface area (TPSA) is 87.1 Å². The first kappa shape index (κ1) is 6.50. The van der Waals surface area contributed by atoms with E-state index in [0.717, 1.165) is 0 Å². The number of carbonyl (C=O) groups excluding carboxylic acids is 1. The molecule has 0 spiro atoms. The molecule has 0 heterocycles. The Hall–Kier alpha value is -1.50. The van der Waals surface area contributed by atoms with Crippen LogP contribution in [0.5, 0.6) is 0 Å². The molecule has 1 amide bonds. The lowest BCUT2D eigenvalue weighted by atomic mass is 10.3. The molecular formula is C4H4N2O2. The Balaban J connectivity index is 4.20. The summed E-state index contributed by atoms with van der Waals surface area (Å²) in [4.78, 5) is 9.93. The van der Waals surface area contributed by atoms with Gasteiger partial charge in [-0.2, -0.15) is 5.26 Å².